The minimum Gasteiger partial charge on any atom is -0.295 e. The summed E-state index contributed by atoms with van der Waals surface area (Å²) >= 11 is 0. The quantitative estimate of drug-likeness (QED) is 0.735. The molecule has 1 aromatic carbocycles. The van der Waals surface area contributed by atoms with Crippen molar-refractivity contribution >= 4 is 16.7 Å². The highest BCUT2D eigenvalue weighted by Gasteiger charge is 2.06. The molecule has 72 valence electrons. The zero-order chi connectivity index (χ0) is 10.1. The molecule has 3 nitrogen and oxygen atoms in total. The molecule has 0 aliphatic heterocycles. The van der Waals surface area contributed by atoms with E-state index in [0.717, 1.165) is 28.6 Å². The Morgan fingerprint density at radius 1 is 1.50 bits per heavy atom. The van der Waals surface area contributed by atoms with E-state index in [2.05, 4.69) is 17.1 Å². The Morgan fingerprint density at radius 3 is 2.93 bits per heavy atom. The van der Waals surface area contributed by atoms with Crippen LogP contribution in [0.15, 0.2) is 18.2 Å². The zero-order valence-corrected chi connectivity index (χ0v) is 8.29. The minimum atomic E-state index is 0.0927. The normalized spacial score (nSPS) is 10.7. The number of rotatable bonds is 2. The number of hydrogen-bond donors (Lipinski definition) is 1. The maximum atomic E-state index is 11.2. The van der Waals surface area contributed by atoms with Crippen LogP contribution in [0.25, 0.3) is 10.9 Å². The molecule has 0 spiro atoms. The lowest BCUT2D eigenvalue weighted by molar-refractivity contribution is 0.101. The number of aromatic amines is 1. The molecule has 0 bridgehead atoms. The van der Waals surface area contributed by atoms with Crippen LogP contribution in [-0.4, -0.2) is 16.0 Å². The highest BCUT2D eigenvalue weighted by atomic mass is 16.1. The highest BCUT2D eigenvalue weighted by Crippen LogP contribution is 2.18. The topological polar surface area (TPSA) is 45.8 Å². The second-order valence-corrected chi connectivity index (χ2v) is 3.34. The van der Waals surface area contributed by atoms with Gasteiger partial charge >= 0.3 is 0 Å². The molecule has 1 aromatic heterocycles. The van der Waals surface area contributed by atoms with Crippen LogP contribution in [0, 0.1) is 0 Å². The number of benzene rings is 1. The second-order valence-electron chi connectivity index (χ2n) is 3.34. The van der Waals surface area contributed by atoms with Crippen molar-refractivity contribution in [2.75, 3.05) is 0 Å². The number of Topliss-reactive ketones (excluding diaryl/α,β-unsaturated/α-hetero) is 1. The van der Waals surface area contributed by atoms with E-state index in [1.165, 1.54) is 0 Å². The van der Waals surface area contributed by atoms with Gasteiger partial charge in [-0.15, -0.1) is 0 Å². The Bertz CT molecular complexity index is 485. The lowest BCUT2D eigenvalue weighted by Gasteiger charge is -1.96. The molecule has 2 aromatic rings. The summed E-state index contributed by atoms with van der Waals surface area (Å²) in [6.45, 7) is 3.64. The van der Waals surface area contributed by atoms with Crippen LogP contribution in [0.2, 0.25) is 0 Å². The SMILES string of the molecule is CCc1[nH]nc2ccc(C(C)=O)cc12. The van der Waals surface area contributed by atoms with Gasteiger partial charge in [-0.3, -0.25) is 9.89 Å². The molecule has 3 heteroatoms. The Labute approximate surface area is 82.1 Å². The van der Waals surface area contributed by atoms with E-state index in [4.69, 9.17) is 0 Å². The van der Waals surface area contributed by atoms with Gasteiger partial charge in [0.25, 0.3) is 0 Å². The Kier molecular flexibility index (Phi) is 2.08. The molecule has 1 heterocycles. The summed E-state index contributed by atoms with van der Waals surface area (Å²) in [5, 5.41) is 8.18. The summed E-state index contributed by atoms with van der Waals surface area (Å²) < 4.78 is 0. The predicted molar refractivity (Wildman–Crippen MR) is 55.5 cm³/mol. The van der Waals surface area contributed by atoms with Gasteiger partial charge in [-0.1, -0.05) is 6.92 Å². The second kappa shape index (κ2) is 3.25. The number of hydrogen-bond acceptors (Lipinski definition) is 2. The van der Waals surface area contributed by atoms with E-state index in [0.29, 0.717) is 0 Å². The molecule has 0 fully saturated rings. The maximum Gasteiger partial charge on any atom is 0.159 e. The van der Waals surface area contributed by atoms with Gasteiger partial charge < -0.3 is 0 Å². The fourth-order valence-corrected chi connectivity index (χ4v) is 1.55. The van der Waals surface area contributed by atoms with Crippen LogP contribution in [0.1, 0.15) is 29.9 Å². The van der Waals surface area contributed by atoms with Crippen molar-refractivity contribution in [2.24, 2.45) is 0 Å². The molecule has 0 unspecified atom stereocenters. The molecule has 2 rings (SSSR count). The van der Waals surface area contributed by atoms with Crippen molar-refractivity contribution in [3.8, 4) is 0 Å². The van der Waals surface area contributed by atoms with Crippen molar-refractivity contribution in [3.63, 3.8) is 0 Å². The molecule has 0 amide bonds. The van der Waals surface area contributed by atoms with Crippen LogP contribution in [0.3, 0.4) is 0 Å². The fraction of sp³-hybridized carbons (Fsp3) is 0.273. The summed E-state index contributed by atoms with van der Waals surface area (Å²) in [6, 6.07) is 5.59. The average molecular weight is 188 g/mol. The first kappa shape index (κ1) is 8.94. The summed E-state index contributed by atoms with van der Waals surface area (Å²) in [7, 11) is 0. The first-order chi connectivity index (χ1) is 6.72. The monoisotopic (exact) mass is 188 g/mol. The van der Waals surface area contributed by atoms with Crippen LogP contribution in [0.4, 0.5) is 0 Å². The molecule has 0 atom stereocenters. The van der Waals surface area contributed by atoms with Crippen molar-refractivity contribution in [1.29, 1.82) is 0 Å². The van der Waals surface area contributed by atoms with Gasteiger partial charge in [0.15, 0.2) is 5.78 Å². The number of nitrogens with zero attached hydrogens (tertiary/aromatic N) is 1. The Balaban J connectivity index is 2.67. The van der Waals surface area contributed by atoms with E-state index in [1.807, 2.05) is 18.2 Å². The lowest BCUT2D eigenvalue weighted by Crippen LogP contribution is -1.91. The van der Waals surface area contributed by atoms with Crippen molar-refractivity contribution in [1.82, 2.24) is 10.2 Å². The molecule has 0 aliphatic rings. The zero-order valence-electron chi connectivity index (χ0n) is 8.29. The van der Waals surface area contributed by atoms with Gasteiger partial charge in [-0.25, -0.2) is 0 Å². The molecule has 1 N–H and O–H groups in total. The predicted octanol–water partition coefficient (Wildman–Crippen LogP) is 2.33. The summed E-state index contributed by atoms with van der Waals surface area (Å²) in [4.78, 5) is 11.2. The molecule has 14 heavy (non-hydrogen) atoms. The van der Waals surface area contributed by atoms with Crippen molar-refractivity contribution in [2.45, 2.75) is 20.3 Å². The molecule has 0 aliphatic carbocycles. The van der Waals surface area contributed by atoms with Gasteiger partial charge in [0.2, 0.25) is 0 Å². The van der Waals surface area contributed by atoms with Gasteiger partial charge in [0, 0.05) is 16.6 Å². The summed E-state index contributed by atoms with van der Waals surface area (Å²) in [6.07, 6.45) is 0.901. The van der Waals surface area contributed by atoms with E-state index < -0.39 is 0 Å². The van der Waals surface area contributed by atoms with Gasteiger partial charge in [-0.05, 0) is 31.5 Å². The maximum absolute atomic E-state index is 11.2. The molecule has 0 saturated heterocycles. The lowest BCUT2D eigenvalue weighted by atomic mass is 10.1. The number of carbonyl (C=O) groups excluding carboxylic acids is 1. The van der Waals surface area contributed by atoms with E-state index >= 15 is 0 Å². The summed E-state index contributed by atoms with van der Waals surface area (Å²) in [5.74, 6) is 0.0927. The number of nitrogens with one attached hydrogen (secondary N) is 1. The number of ketones is 1. The number of H-pyrrole nitrogens is 1. The smallest absolute Gasteiger partial charge is 0.159 e. The van der Waals surface area contributed by atoms with E-state index in [-0.39, 0.29) is 5.78 Å². The third-order valence-electron chi connectivity index (χ3n) is 2.39. The molecular weight excluding hydrogens is 176 g/mol. The Hall–Kier alpha value is -1.64. The summed E-state index contributed by atoms with van der Waals surface area (Å²) in [5.41, 5.74) is 2.75. The van der Waals surface area contributed by atoms with Crippen LogP contribution < -0.4 is 0 Å². The van der Waals surface area contributed by atoms with Crippen molar-refractivity contribution < 1.29 is 4.79 Å². The van der Waals surface area contributed by atoms with Gasteiger partial charge in [0.1, 0.15) is 0 Å². The highest BCUT2D eigenvalue weighted by molar-refractivity contribution is 5.98. The first-order valence-electron chi connectivity index (χ1n) is 4.70. The number of fused-ring (bicyclic) bond motifs is 1. The van der Waals surface area contributed by atoms with E-state index in [9.17, 15) is 4.79 Å². The molecular formula is C11H12N2O. The van der Waals surface area contributed by atoms with Crippen LogP contribution >= 0.6 is 0 Å². The van der Waals surface area contributed by atoms with Gasteiger partial charge in [-0.2, -0.15) is 5.10 Å². The third kappa shape index (κ3) is 1.31. The van der Waals surface area contributed by atoms with Crippen molar-refractivity contribution in [3.05, 3.63) is 29.5 Å². The Morgan fingerprint density at radius 2 is 2.29 bits per heavy atom. The van der Waals surface area contributed by atoms with E-state index in [1.54, 1.807) is 6.92 Å². The third-order valence-corrected chi connectivity index (χ3v) is 2.39. The molecule has 0 saturated carbocycles. The number of carbonyl (C=O) groups is 1. The fourth-order valence-electron chi connectivity index (χ4n) is 1.55. The standard InChI is InChI=1S/C11H12N2O/c1-3-10-9-6-8(7(2)14)4-5-11(9)13-12-10/h4-6H,3H2,1-2H3,(H,12,13). The largest absolute Gasteiger partial charge is 0.295 e. The van der Waals surface area contributed by atoms with Crippen LogP contribution in [-0.2, 0) is 6.42 Å². The molecule has 0 radical (unpaired) electrons. The van der Waals surface area contributed by atoms with Crippen LogP contribution in [0.5, 0.6) is 0 Å². The first-order valence-corrected chi connectivity index (χ1v) is 4.70. The number of aromatic nitrogens is 2. The van der Waals surface area contributed by atoms with Gasteiger partial charge in [0.05, 0.1) is 5.52 Å². The minimum absolute atomic E-state index is 0.0927. The average Bonchev–Trinajstić information content (AvgIpc) is 2.59. The number of aryl methyl sites for hydroxylation is 1.